The molecular formula is C20H11F3N4O3S. The Balaban J connectivity index is 1.77. The molecule has 156 valence electrons. The van der Waals surface area contributed by atoms with Crippen LogP contribution in [0.25, 0.3) is 21.6 Å². The Morgan fingerprint density at radius 2 is 1.71 bits per heavy atom. The van der Waals surface area contributed by atoms with Gasteiger partial charge in [0.2, 0.25) is 0 Å². The van der Waals surface area contributed by atoms with E-state index in [-0.39, 0.29) is 26.7 Å². The van der Waals surface area contributed by atoms with Crippen LogP contribution in [0.15, 0.2) is 60.7 Å². The number of aromatic nitrogens is 2. The lowest BCUT2D eigenvalue weighted by atomic mass is 10.1. The van der Waals surface area contributed by atoms with E-state index in [4.69, 9.17) is 0 Å². The van der Waals surface area contributed by atoms with Crippen molar-refractivity contribution in [2.75, 3.05) is 5.32 Å². The van der Waals surface area contributed by atoms with Gasteiger partial charge in [0.05, 0.1) is 20.9 Å². The molecule has 0 saturated heterocycles. The minimum Gasteiger partial charge on any atom is -0.298 e. The van der Waals surface area contributed by atoms with Gasteiger partial charge < -0.3 is 0 Å². The van der Waals surface area contributed by atoms with Gasteiger partial charge in [0.25, 0.3) is 11.6 Å². The number of benzene rings is 2. The number of pyridine rings is 1. The number of thiazole rings is 1. The molecule has 2 aromatic heterocycles. The standard InChI is InChI=1S/C20H11F3N4O3S/c21-20(22,23)13-10-14(11-6-2-1-3-7-11)24-17-16(13)31-19(25-17)26-18(28)12-8-4-5-9-15(12)27(29)30/h1-10H,(H,24,25,26,28). The minimum absolute atomic E-state index is 0.0855. The topological polar surface area (TPSA) is 98.0 Å². The number of amides is 1. The number of alkyl halides is 3. The molecule has 0 spiro atoms. The highest BCUT2D eigenvalue weighted by Gasteiger charge is 2.35. The van der Waals surface area contributed by atoms with Crippen LogP contribution in [0, 0.1) is 10.1 Å². The zero-order valence-corrected chi connectivity index (χ0v) is 16.2. The monoisotopic (exact) mass is 444 g/mol. The summed E-state index contributed by atoms with van der Waals surface area (Å²) in [5.74, 6) is -0.858. The highest BCUT2D eigenvalue weighted by Crippen LogP contribution is 2.40. The molecule has 0 bridgehead atoms. The van der Waals surface area contributed by atoms with Crippen molar-refractivity contribution < 1.29 is 22.9 Å². The lowest BCUT2D eigenvalue weighted by Crippen LogP contribution is -2.13. The third kappa shape index (κ3) is 4.08. The molecule has 0 aliphatic heterocycles. The number of halogens is 3. The number of anilines is 1. The second kappa shape index (κ2) is 7.76. The molecule has 11 heteroatoms. The number of nitrogens with zero attached hydrogens (tertiary/aromatic N) is 3. The average molecular weight is 444 g/mol. The molecule has 0 saturated carbocycles. The van der Waals surface area contributed by atoms with Gasteiger partial charge in [-0.05, 0) is 12.1 Å². The predicted molar refractivity (Wildman–Crippen MR) is 109 cm³/mol. The van der Waals surface area contributed by atoms with E-state index in [2.05, 4.69) is 15.3 Å². The van der Waals surface area contributed by atoms with Crippen LogP contribution >= 0.6 is 11.3 Å². The van der Waals surface area contributed by atoms with Gasteiger partial charge in [0.1, 0.15) is 5.56 Å². The zero-order valence-electron chi connectivity index (χ0n) is 15.4. The van der Waals surface area contributed by atoms with Gasteiger partial charge in [-0.2, -0.15) is 18.2 Å². The van der Waals surface area contributed by atoms with Crippen molar-refractivity contribution >= 4 is 38.4 Å². The first-order valence-electron chi connectivity index (χ1n) is 8.73. The second-order valence-electron chi connectivity index (χ2n) is 6.32. The van der Waals surface area contributed by atoms with Crippen LogP contribution in [-0.4, -0.2) is 20.8 Å². The molecule has 0 atom stereocenters. The Bertz CT molecular complexity index is 1310. The van der Waals surface area contributed by atoms with Crippen LogP contribution in [-0.2, 0) is 6.18 Å². The van der Waals surface area contributed by atoms with Crippen molar-refractivity contribution in [1.82, 2.24) is 9.97 Å². The molecule has 4 aromatic rings. The summed E-state index contributed by atoms with van der Waals surface area (Å²) in [6.45, 7) is 0. The quantitative estimate of drug-likeness (QED) is 0.329. The lowest BCUT2D eigenvalue weighted by molar-refractivity contribution is -0.385. The number of fused-ring (bicyclic) bond motifs is 1. The largest absolute Gasteiger partial charge is 0.417 e. The fraction of sp³-hybridized carbons (Fsp3) is 0.0500. The molecule has 0 unspecified atom stereocenters. The highest BCUT2D eigenvalue weighted by atomic mass is 32.1. The van der Waals surface area contributed by atoms with Gasteiger partial charge in [-0.15, -0.1) is 0 Å². The smallest absolute Gasteiger partial charge is 0.298 e. The maximum atomic E-state index is 13.7. The highest BCUT2D eigenvalue weighted by molar-refractivity contribution is 7.22. The van der Waals surface area contributed by atoms with Crippen LogP contribution in [0.1, 0.15) is 15.9 Å². The zero-order chi connectivity index (χ0) is 22.2. The van der Waals surface area contributed by atoms with Crippen LogP contribution < -0.4 is 5.32 Å². The summed E-state index contributed by atoms with van der Waals surface area (Å²) < 4.78 is 40.8. The Labute approximate surface area is 176 Å². The summed E-state index contributed by atoms with van der Waals surface area (Å²) >= 11 is 0.597. The summed E-state index contributed by atoms with van der Waals surface area (Å²) in [6.07, 6.45) is -4.67. The van der Waals surface area contributed by atoms with Crippen LogP contribution in [0.2, 0.25) is 0 Å². The number of carbonyl (C=O) groups is 1. The van der Waals surface area contributed by atoms with Crippen LogP contribution in [0.4, 0.5) is 24.0 Å². The lowest BCUT2D eigenvalue weighted by Gasteiger charge is -2.09. The third-order valence-electron chi connectivity index (χ3n) is 4.30. The number of hydrogen-bond acceptors (Lipinski definition) is 6. The van der Waals surface area contributed by atoms with E-state index >= 15 is 0 Å². The van der Waals surface area contributed by atoms with Crippen molar-refractivity contribution in [3.63, 3.8) is 0 Å². The molecule has 0 radical (unpaired) electrons. The number of nitrogens with one attached hydrogen (secondary N) is 1. The van der Waals surface area contributed by atoms with Crippen molar-refractivity contribution in [2.45, 2.75) is 6.18 Å². The van der Waals surface area contributed by atoms with Crippen LogP contribution in [0.5, 0.6) is 0 Å². The summed E-state index contributed by atoms with van der Waals surface area (Å²) in [6, 6.07) is 14.5. The molecule has 0 aliphatic rings. The van der Waals surface area contributed by atoms with Crippen LogP contribution in [0.3, 0.4) is 0 Å². The second-order valence-corrected chi connectivity index (χ2v) is 7.32. The first kappa shape index (κ1) is 20.4. The average Bonchev–Trinajstić information content (AvgIpc) is 3.15. The Kier molecular flexibility index (Phi) is 5.11. The third-order valence-corrected chi connectivity index (χ3v) is 5.30. The molecule has 0 fully saturated rings. The van der Waals surface area contributed by atoms with E-state index in [0.29, 0.717) is 16.9 Å². The van der Waals surface area contributed by atoms with E-state index in [1.807, 2.05) is 0 Å². The molecule has 2 aromatic carbocycles. The number of para-hydroxylation sites is 1. The Hall–Kier alpha value is -3.86. The van der Waals surface area contributed by atoms with E-state index < -0.39 is 28.3 Å². The van der Waals surface area contributed by atoms with E-state index in [9.17, 15) is 28.1 Å². The van der Waals surface area contributed by atoms with Crippen molar-refractivity contribution in [1.29, 1.82) is 0 Å². The molecular weight excluding hydrogens is 433 g/mol. The maximum absolute atomic E-state index is 13.7. The van der Waals surface area contributed by atoms with Gasteiger partial charge in [0, 0.05) is 11.6 Å². The summed E-state index contributed by atoms with van der Waals surface area (Å²) in [5.41, 5.74) is -1.21. The van der Waals surface area contributed by atoms with Crippen molar-refractivity contribution in [3.05, 3.63) is 81.9 Å². The molecule has 7 nitrogen and oxygen atoms in total. The molecule has 1 N–H and O–H groups in total. The maximum Gasteiger partial charge on any atom is 0.417 e. The van der Waals surface area contributed by atoms with Gasteiger partial charge in [-0.1, -0.05) is 53.8 Å². The Morgan fingerprint density at radius 1 is 1.03 bits per heavy atom. The van der Waals surface area contributed by atoms with Crippen molar-refractivity contribution in [2.24, 2.45) is 0 Å². The predicted octanol–water partition coefficient (Wildman–Crippen LogP) is 5.54. The first-order valence-corrected chi connectivity index (χ1v) is 9.54. The minimum atomic E-state index is -4.67. The first-order chi connectivity index (χ1) is 14.7. The summed E-state index contributed by atoms with van der Waals surface area (Å²) in [5, 5.41) is 13.3. The summed E-state index contributed by atoms with van der Waals surface area (Å²) in [4.78, 5) is 31.1. The SMILES string of the molecule is O=C(Nc1nc2nc(-c3ccccc3)cc(C(F)(F)F)c2s1)c1ccccc1[N+](=O)[O-]. The number of nitro groups is 1. The summed E-state index contributed by atoms with van der Waals surface area (Å²) in [7, 11) is 0. The van der Waals surface area contributed by atoms with Gasteiger partial charge in [-0.25, -0.2) is 4.98 Å². The number of nitro benzene ring substituents is 1. The number of hydrogen-bond donors (Lipinski definition) is 1. The Morgan fingerprint density at radius 3 is 2.39 bits per heavy atom. The van der Waals surface area contributed by atoms with Gasteiger partial charge in [-0.3, -0.25) is 20.2 Å². The molecule has 1 amide bonds. The van der Waals surface area contributed by atoms with Crippen molar-refractivity contribution in [3.8, 4) is 11.3 Å². The molecule has 31 heavy (non-hydrogen) atoms. The fourth-order valence-electron chi connectivity index (χ4n) is 2.92. The fourth-order valence-corrected chi connectivity index (χ4v) is 3.86. The number of rotatable bonds is 4. The van der Waals surface area contributed by atoms with Gasteiger partial charge in [0.15, 0.2) is 10.8 Å². The normalized spacial score (nSPS) is 11.5. The van der Waals surface area contributed by atoms with E-state index in [0.717, 1.165) is 12.1 Å². The molecule has 2 heterocycles. The number of carbonyl (C=O) groups excluding carboxylic acids is 1. The molecule has 0 aliphatic carbocycles. The van der Waals surface area contributed by atoms with Gasteiger partial charge >= 0.3 is 6.18 Å². The van der Waals surface area contributed by atoms with E-state index in [1.165, 1.54) is 18.2 Å². The molecule has 4 rings (SSSR count). The van der Waals surface area contributed by atoms with E-state index in [1.54, 1.807) is 30.3 Å².